The van der Waals surface area contributed by atoms with Crippen LogP contribution in [0, 0.1) is 24.7 Å². The zero-order valence-electron chi connectivity index (χ0n) is 27.8. The van der Waals surface area contributed by atoms with Crippen LogP contribution in [0.2, 0.25) is 0 Å². The highest BCUT2D eigenvalue weighted by Crippen LogP contribution is 2.60. The molecule has 1 aromatic carbocycles. The maximum atomic E-state index is 14.7. The topological polar surface area (TPSA) is 129 Å². The van der Waals surface area contributed by atoms with Gasteiger partial charge in [-0.05, 0) is 84.3 Å². The van der Waals surface area contributed by atoms with Crippen LogP contribution in [0.15, 0.2) is 41.3 Å². The van der Waals surface area contributed by atoms with Crippen molar-refractivity contribution in [1.82, 2.24) is 34.5 Å². The van der Waals surface area contributed by atoms with E-state index in [-0.39, 0.29) is 35.2 Å². The van der Waals surface area contributed by atoms with Crippen molar-refractivity contribution in [1.29, 1.82) is 0 Å². The maximum absolute atomic E-state index is 14.7. The number of hydrogen-bond donors (Lipinski definition) is 2. The molecule has 252 valence electrons. The number of anilines is 1. The summed E-state index contributed by atoms with van der Waals surface area (Å²) in [5, 5.41) is 18.9. The van der Waals surface area contributed by atoms with E-state index in [1.807, 2.05) is 25.1 Å². The molecule has 0 radical (unpaired) electrons. The second-order valence-corrected chi connectivity index (χ2v) is 15.4. The Kier molecular flexibility index (Phi) is 8.15. The van der Waals surface area contributed by atoms with E-state index in [0.717, 1.165) is 31.6 Å². The van der Waals surface area contributed by atoms with Crippen LogP contribution in [0.3, 0.4) is 0 Å². The van der Waals surface area contributed by atoms with Gasteiger partial charge in [0.2, 0.25) is 11.8 Å². The summed E-state index contributed by atoms with van der Waals surface area (Å²) in [6.07, 6.45) is 3.76. The molecule has 4 aromatic rings. The lowest BCUT2D eigenvalue weighted by Gasteiger charge is -2.47. The van der Waals surface area contributed by atoms with Crippen LogP contribution in [0.1, 0.15) is 62.4 Å². The molecule has 2 N–H and O–H groups in total. The number of fused-ring (bicyclic) bond motifs is 2. The molecule has 0 spiro atoms. The number of halogens is 2. The van der Waals surface area contributed by atoms with Crippen LogP contribution in [-0.4, -0.2) is 83.2 Å². The van der Waals surface area contributed by atoms with Gasteiger partial charge in [0.25, 0.3) is 0 Å². The summed E-state index contributed by atoms with van der Waals surface area (Å²) in [7, 11) is 0. The number of piperidine rings is 1. The smallest absolute Gasteiger partial charge is 0.248 e. The third-order valence-electron chi connectivity index (χ3n) is 10.0. The van der Waals surface area contributed by atoms with Gasteiger partial charge >= 0.3 is 0 Å². The van der Waals surface area contributed by atoms with Crippen LogP contribution in [-0.2, 0) is 22.8 Å². The quantitative estimate of drug-likeness (QED) is 0.228. The van der Waals surface area contributed by atoms with Gasteiger partial charge in [0.1, 0.15) is 35.5 Å². The highest BCUT2D eigenvalue weighted by Gasteiger charge is 2.68. The highest BCUT2D eigenvalue weighted by atomic mass is 79.9. The number of rotatable bonds is 9. The van der Waals surface area contributed by atoms with Crippen molar-refractivity contribution in [3.63, 3.8) is 0 Å². The van der Waals surface area contributed by atoms with Crippen molar-refractivity contribution in [3.05, 3.63) is 63.9 Å². The molecule has 2 unspecified atom stereocenters. The predicted molar refractivity (Wildman–Crippen MR) is 183 cm³/mol. The molecule has 2 amide bonds. The van der Waals surface area contributed by atoms with E-state index in [1.165, 1.54) is 4.68 Å². The summed E-state index contributed by atoms with van der Waals surface area (Å²) in [6.45, 7) is 11.5. The fourth-order valence-electron chi connectivity index (χ4n) is 7.87. The lowest BCUT2D eigenvalue weighted by molar-refractivity contribution is -0.138. The fourth-order valence-corrected chi connectivity index (χ4v) is 8.17. The number of alkyl halides is 1. The molecule has 1 aliphatic carbocycles. The van der Waals surface area contributed by atoms with Crippen molar-refractivity contribution in [3.8, 4) is 11.1 Å². The van der Waals surface area contributed by atoms with Crippen LogP contribution < -0.4 is 5.32 Å². The van der Waals surface area contributed by atoms with E-state index < -0.39 is 18.8 Å². The van der Waals surface area contributed by atoms with E-state index in [0.29, 0.717) is 56.0 Å². The average Bonchev–Trinajstić information content (AvgIpc) is 3.42. The third kappa shape index (κ3) is 5.90. The number of aryl methyl sites for hydroxylation is 2. The number of pyridine rings is 1. The van der Waals surface area contributed by atoms with E-state index in [4.69, 9.17) is 0 Å². The minimum atomic E-state index is -0.969. The number of nitrogens with zero attached hydrogens (tertiary/aromatic N) is 7. The molecule has 3 aromatic heterocycles. The molecular weight excluding hydrogens is 679 g/mol. The number of likely N-dealkylation sites (tertiary alicyclic amines) is 2. The van der Waals surface area contributed by atoms with Crippen LogP contribution in [0.25, 0.3) is 22.0 Å². The van der Waals surface area contributed by atoms with Gasteiger partial charge in [0.05, 0.1) is 17.3 Å². The van der Waals surface area contributed by atoms with E-state index >= 15 is 0 Å². The second-order valence-electron chi connectivity index (χ2n) is 14.6. The Bertz CT molecular complexity index is 1920. The Morgan fingerprint density at radius 2 is 1.85 bits per heavy atom. The molecule has 13 heteroatoms. The number of aromatic nitrogens is 5. The highest BCUT2D eigenvalue weighted by molar-refractivity contribution is 9.10. The normalized spacial score (nSPS) is 23.5. The van der Waals surface area contributed by atoms with Crippen LogP contribution in [0.5, 0.6) is 0 Å². The fraction of sp³-hybridized carbons (Fsp3) is 0.486. The number of hydrogen-bond acceptors (Lipinski definition) is 8. The Balaban J connectivity index is 1.22. The zero-order chi connectivity index (χ0) is 34.1. The monoisotopic (exact) mass is 718 g/mol. The Hall–Kier alpha value is -3.81. The Morgan fingerprint density at radius 3 is 2.52 bits per heavy atom. The third-order valence-corrected chi connectivity index (χ3v) is 10.5. The minimum absolute atomic E-state index is 0.0899. The summed E-state index contributed by atoms with van der Waals surface area (Å²) in [4.78, 5) is 45.5. The van der Waals surface area contributed by atoms with Crippen molar-refractivity contribution in [2.45, 2.75) is 78.9 Å². The number of aliphatic hydroxyl groups excluding tert-OH is 1. The molecular formula is C35H40BrFN8O3. The van der Waals surface area contributed by atoms with Gasteiger partial charge in [0.15, 0.2) is 0 Å². The largest absolute Gasteiger partial charge is 0.387 e. The summed E-state index contributed by atoms with van der Waals surface area (Å²) >= 11 is 3.39. The first-order valence-electron chi connectivity index (χ1n) is 16.3. The molecule has 2 saturated heterocycles. The number of carbonyl (C=O) groups excluding carboxylic acids is 2. The summed E-state index contributed by atoms with van der Waals surface area (Å²) in [5.41, 5.74) is 3.42. The van der Waals surface area contributed by atoms with Crippen LogP contribution in [0.4, 0.5) is 10.2 Å². The number of amides is 2. The van der Waals surface area contributed by atoms with Crippen LogP contribution >= 0.6 is 15.9 Å². The molecule has 48 heavy (non-hydrogen) atoms. The van der Waals surface area contributed by atoms with Gasteiger partial charge in [-0.1, -0.05) is 19.9 Å². The van der Waals surface area contributed by atoms with Gasteiger partial charge in [-0.15, -0.1) is 0 Å². The van der Waals surface area contributed by atoms with Gasteiger partial charge in [-0.3, -0.25) is 14.3 Å². The molecule has 3 aliphatic rings. The summed E-state index contributed by atoms with van der Waals surface area (Å²) < 4.78 is 16.8. The van der Waals surface area contributed by atoms with Crippen molar-refractivity contribution in [2.75, 3.05) is 25.0 Å². The number of aliphatic hydroxyl groups is 1. The lowest BCUT2D eigenvalue weighted by Crippen LogP contribution is -2.54. The Labute approximate surface area is 287 Å². The molecule has 1 saturated carbocycles. The molecule has 4 atom stereocenters. The molecule has 3 fully saturated rings. The molecule has 2 aliphatic heterocycles. The van der Waals surface area contributed by atoms with E-state index in [2.05, 4.69) is 60.0 Å². The van der Waals surface area contributed by atoms with Gasteiger partial charge in [0, 0.05) is 60.0 Å². The van der Waals surface area contributed by atoms with Crippen molar-refractivity contribution < 1.29 is 19.1 Å². The van der Waals surface area contributed by atoms with Gasteiger partial charge in [-0.25, -0.2) is 19.3 Å². The number of nitrogens with one attached hydrogen (secondary N) is 1. The first-order chi connectivity index (χ1) is 22.8. The van der Waals surface area contributed by atoms with E-state index in [9.17, 15) is 19.1 Å². The summed E-state index contributed by atoms with van der Waals surface area (Å²) in [6, 6.07) is 6.44. The standard InChI is InChI=1S/C35H40BrFN8O3/c1-19-6-7-28(36)40-32(19)41-33(48)26-10-35(18-43-16-34(4,5)17-43)11-27(35)45(26)29(47)15-44-31-23(12-37)8-22(24-13-38-21(3)39-14-24)9-25(31)30(42-44)20(2)46/h6-9,13-14,20,26-27,46H,10-12,15-18H2,1-5H3,(H,40,41,48)/t20?,26-,27?,35-/m0/s1. The van der Waals surface area contributed by atoms with Gasteiger partial charge in [-0.2, -0.15) is 5.10 Å². The first-order valence-corrected chi connectivity index (χ1v) is 17.1. The average molecular weight is 720 g/mol. The Morgan fingerprint density at radius 1 is 1.12 bits per heavy atom. The molecule has 11 nitrogen and oxygen atoms in total. The second kappa shape index (κ2) is 12.0. The minimum Gasteiger partial charge on any atom is -0.387 e. The number of benzene rings is 1. The maximum Gasteiger partial charge on any atom is 0.248 e. The van der Waals surface area contributed by atoms with E-state index in [1.54, 1.807) is 37.2 Å². The summed E-state index contributed by atoms with van der Waals surface area (Å²) in [5.74, 6) is 0.511. The molecule has 7 rings (SSSR count). The predicted octanol–water partition coefficient (Wildman–Crippen LogP) is 5.13. The van der Waals surface area contributed by atoms with Crippen molar-refractivity contribution >= 4 is 44.5 Å². The SMILES string of the molecule is Cc1ncc(-c2cc(CF)c3c(c2)c(C(C)O)nn3CC(=O)N2C3C[C@]3(CN3CC(C)(C)C3)C[C@H]2C(=O)Nc2nc(Br)ccc2C)cn1. The zero-order valence-corrected chi connectivity index (χ0v) is 29.4. The first kappa shape index (κ1) is 32.7. The van der Waals surface area contributed by atoms with Gasteiger partial charge < -0.3 is 20.2 Å². The molecule has 5 heterocycles. The van der Waals surface area contributed by atoms with Crippen molar-refractivity contribution in [2.24, 2.45) is 10.8 Å². The lowest BCUT2D eigenvalue weighted by atomic mass is 9.83. The molecule has 0 bridgehead atoms. The number of carbonyl (C=O) groups is 2.